The van der Waals surface area contributed by atoms with Crippen LogP contribution in [-0.4, -0.2) is 29.8 Å². The summed E-state index contributed by atoms with van der Waals surface area (Å²) < 4.78 is 13.9. The van der Waals surface area contributed by atoms with Crippen LogP contribution in [0.1, 0.15) is 28.8 Å². The number of nitrogens with one attached hydrogen (secondary N) is 1. The van der Waals surface area contributed by atoms with Crippen molar-refractivity contribution in [1.29, 1.82) is 0 Å². The Morgan fingerprint density at radius 3 is 2.56 bits per heavy atom. The Kier molecular flexibility index (Phi) is 6.08. The summed E-state index contributed by atoms with van der Waals surface area (Å²) in [5.74, 6) is -1.06. The first-order valence-electron chi connectivity index (χ1n) is 8.80. The number of anilines is 1. The molecule has 1 saturated heterocycles. The largest absolute Gasteiger partial charge is 0.366 e. The van der Waals surface area contributed by atoms with E-state index >= 15 is 0 Å². The molecule has 0 atom stereocenters. The second-order valence-corrected chi connectivity index (χ2v) is 7.09. The lowest BCUT2D eigenvalue weighted by Gasteiger charge is -2.31. The Labute approximate surface area is 162 Å². The van der Waals surface area contributed by atoms with Crippen molar-refractivity contribution in [2.45, 2.75) is 19.4 Å². The lowest BCUT2D eigenvalue weighted by molar-refractivity contribution is -0.121. The Morgan fingerprint density at radius 1 is 1.19 bits per heavy atom. The lowest BCUT2D eigenvalue weighted by Crippen LogP contribution is -2.38. The summed E-state index contributed by atoms with van der Waals surface area (Å²) in [4.78, 5) is 25.8. The fourth-order valence-corrected chi connectivity index (χ4v) is 3.48. The van der Waals surface area contributed by atoms with E-state index in [-0.39, 0.29) is 17.6 Å². The molecule has 3 rings (SSSR count). The first-order valence-corrected chi connectivity index (χ1v) is 9.18. The number of primary amides is 1. The second kappa shape index (κ2) is 8.50. The van der Waals surface area contributed by atoms with Crippen molar-refractivity contribution < 1.29 is 14.0 Å². The normalized spacial score (nSPS) is 15.5. The summed E-state index contributed by atoms with van der Waals surface area (Å²) in [5.41, 5.74) is 6.66. The maximum absolute atomic E-state index is 13.9. The average Bonchev–Trinajstić information content (AvgIpc) is 2.65. The van der Waals surface area contributed by atoms with E-state index in [0.717, 1.165) is 0 Å². The molecule has 7 heteroatoms. The van der Waals surface area contributed by atoms with Gasteiger partial charge in [-0.3, -0.25) is 14.5 Å². The molecule has 0 saturated carbocycles. The summed E-state index contributed by atoms with van der Waals surface area (Å²) in [6, 6.07) is 11.2. The van der Waals surface area contributed by atoms with Crippen LogP contribution < -0.4 is 11.1 Å². The van der Waals surface area contributed by atoms with Crippen LogP contribution >= 0.6 is 11.6 Å². The number of likely N-dealkylation sites (tertiary alicyclic amines) is 1. The zero-order valence-corrected chi connectivity index (χ0v) is 15.5. The Morgan fingerprint density at radius 2 is 1.89 bits per heavy atom. The van der Waals surface area contributed by atoms with Gasteiger partial charge in [-0.15, -0.1) is 0 Å². The van der Waals surface area contributed by atoms with Gasteiger partial charge in [0.15, 0.2) is 0 Å². The van der Waals surface area contributed by atoms with Crippen molar-refractivity contribution in [3.63, 3.8) is 0 Å². The highest BCUT2D eigenvalue weighted by atomic mass is 35.5. The molecule has 0 spiro atoms. The third kappa shape index (κ3) is 4.84. The van der Waals surface area contributed by atoms with Crippen molar-refractivity contribution in [3.8, 4) is 0 Å². The molecule has 142 valence electrons. The zero-order valence-electron chi connectivity index (χ0n) is 14.8. The van der Waals surface area contributed by atoms with Gasteiger partial charge in [-0.2, -0.15) is 0 Å². The highest BCUT2D eigenvalue weighted by Crippen LogP contribution is 2.25. The molecule has 2 amide bonds. The number of nitrogens with zero attached hydrogens (tertiary/aromatic N) is 1. The molecular formula is C20H21ClFN3O2. The van der Waals surface area contributed by atoms with Crippen LogP contribution in [0.4, 0.5) is 10.1 Å². The molecule has 3 N–H and O–H groups in total. The van der Waals surface area contributed by atoms with Gasteiger partial charge in [0.05, 0.1) is 0 Å². The zero-order chi connectivity index (χ0) is 19.4. The highest BCUT2D eigenvalue weighted by molar-refractivity contribution is 6.31. The van der Waals surface area contributed by atoms with Crippen molar-refractivity contribution in [3.05, 3.63) is 64.4 Å². The molecule has 5 nitrogen and oxygen atoms in total. The molecular weight excluding hydrogens is 369 g/mol. The van der Waals surface area contributed by atoms with Gasteiger partial charge in [0.1, 0.15) is 5.82 Å². The minimum atomic E-state index is -0.536. The van der Waals surface area contributed by atoms with Crippen LogP contribution in [0.15, 0.2) is 42.5 Å². The number of halogens is 2. The van der Waals surface area contributed by atoms with Crippen molar-refractivity contribution in [2.24, 2.45) is 11.7 Å². The van der Waals surface area contributed by atoms with E-state index in [0.29, 0.717) is 54.3 Å². The van der Waals surface area contributed by atoms with Crippen LogP contribution in [0.2, 0.25) is 5.02 Å². The van der Waals surface area contributed by atoms with Crippen LogP contribution in [0.3, 0.4) is 0 Å². The molecule has 0 radical (unpaired) electrons. The van der Waals surface area contributed by atoms with Crippen LogP contribution in [0.5, 0.6) is 0 Å². The van der Waals surface area contributed by atoms with Gasteiger partial charge in [-0.1, -0.05) is 23.7 Å². The first kappa shape index (κ1) is 19.3. The maximum Gasteiger partial charge on any atom is 0.248 e. The first-order chi connectivity index (χ1) is 12.9. The standard InChI is InChI=1S/C20H21ClFN3O2/c21-17-5-2-6-18(22)16(17)12-25-9-7-13(8-10-25)20(27)24-15-4-1-3-14(11-15)19(23)26/h1-6,11,13H,7-10,12H2,(H2,23,26)(H,24,27). The lowest BCUT2D eigenvalue weighted by atomic mass is 9.95. The SMILES string of the molecule is NC(=O)c1cccc(NC(=O)C2CCN(Cc3c(F)cccc3Cl)CC2)c1. The smallest absolute Gasteiger partial charge is 0.248 e. The average molecular weight is 390 g/mol. The van der Waals surface area contributed by atoms with E-state index in [1.165, 1.54) is 6.07 Å². The van der Waals surface area contributed by atoms with Gasteiger partial charge in [-0.05, 0) is 56.3 Å². The number of rotatable bonds is 5. The summed E-state index contributed by atoms with van der Waals surface area (Å²) in [7, 11) is 0. The van der Waals surface area contributed by atoms with E-state index < -0.39 is 5.91 Å². The number of amides is 2. The Hall–Kier alpha value is -2.44. The minimum absolute atomic E-state index is 0.0832. The predicted molar refractivity (Wildman–Crippen MR) is 103 cm³/mol. The van der Waals surface area contributed by atoms with E-state index in [1.54, 1.807) is 36.4 Å². The number of nitrogens with two attached hydrogens (primary N) is 1. The fourth-order valence-electron chi connectivity index (χ4n) is 3.25. The Balaban J connectivity index is 1.55. The third-order valence-corrected chi connectivity index (χ3v) is 5.17. The van der Waals surface area contributed by atoms with Crippen molar-refractivity contribution in [2.75, 3.05) is 18.4 Å². The van der Waals surface area contributed by atoms with E-state index in [4.69, 9.17) is 17.3 Å². The number of carbonyl (C=O) groups excluding carboxylic acids is 2. The summed E-state index contributed by atoms with van der Waals surface area (Å²) >= 11 is 6.09. The number of hydrogen-bond acceptors (Lipinski definition) is 3. The summed E-state index contributed by atoms with van der Waals surface area (Å²) in [5, 5.41) is 3.26. The molecule has 0 bridgehead atoms. The Bertz CT molecular complexity index is 831. The molecule has 1 aliphatic rings. The third-order valence-electron chi connectivity index (χ3n) is 4.82. The van der Waals surface area contributed by atoms with Gasteiger partial charge in [0.2, 0.25) is 11.8 Å². The van der Waals surface area contributed by atoms with Crippen LogP contribution in [0, 0.1) is 11.7 Å². The molecule has 2 aromatic carbocycles. The van der Waals surface area contributed by atoms with E-state index in [9.17, 15) is 14.0 Å². The quantitative estimate of drug-likeness (QED) is 0.822. The highest BCUT2D eigenvalue weighted by Gasteiger charge is 2.26. The molecule has 0 aliphatic carbocycles. The number of piperidine rings is 1. The predicted octanol–water partition coefficient (Wildman–Crippen LogP) is 3.43. The van der Waals surface area contributed by atoms with Gasteiger partial charge in [0.25, 0.3) is 0 Å². The van der Waals surface area contributed by atoms with E-state index in [1.807, 2.05) is 0 Å². The molecule has 0 unspecified atom stereocenters. The summed E-state index contributed by atoms with van der Waals surface area (Å²) in [6.45, 7) is 1.80. The number of benzene rings is 2. The van der Waals surface area contributed by atoms with Crippen molar-refractivity contribution >= 4 is 29.1 Å². The van der Waals surface area contributed by atoms with Crippen molar-refractivity contribution in [1.82, 2.24) is 4.90 Å². The molecule has 27 heavy (non-hydrogen) atoms. The maximum atomic E-state index is 13.9. The number of carbonyl (C=O) groups is 2. The van der Waals surface area contributed by atoms with Crippen LogP contribution in [0.25, 0.3) is 0 Å². The van der Waals surface area contributed by atoms with Gasteiger partial charge in [-0.25, -0.2) is 4.39 Å². The van der Waals surface area contributed by atoms with Gasteiger partial charge in [0, 0.05) is 34.3 Å². The van der Waals surface area contributed by atoms with Gasteiger partial charge < -0.3 is 11.1 Å². The topological polar surface area (TPSA) is 75.4 Å². The van der Waals surface area contributed by atoms with Gasteiger partial charge >= 0.3 is 0 Å². The second-order valence-electron chi connectivity index (χ2n) is 6.68. The molecule has 2 aromatic rings. The monoisotopic (exact) mass is 389 g/mol. The summed E-state index contributed by atoms with van der Waals surface area (Å²) in [6.07, 6.45) is 1.35. The molecule has 1 heterocycles. The molecule has 1 aliphatic heterocycles. The minimum Gasteiger partial charge on any atom is -0.366 e. The molecule has 1 fully saturated rings. The van der Waals surface area contributed by atoms with E-state index in [2.05, 4.69) is 10.2 Å². The number of hydrogen-bond donors (Lipinski definition) is 2. The molecule has 0 aromatic heterocycles. The fraction of sp³-hybridized carbons (Fsp3) is 0.300. The van der Waals surface area contributed by atoms with Crippen LogP contribution in [-0.2, 0) is 11.3 Å².